The molecule has 1 aliphatic heterocycles. The Labute approximate surface area is 133 Å². The maximum Gasteiger partial charge on any atom is 0.223 e. The molecule has 1 unspecified atom stereocenters. The predicted molar refractivity (Wildman–Crippen MR) is 89.2 cm³/mol. The van der Waals surface area contributed by atoms with Gasteiger partial charge in [0, 0.05) is 6.54 Å². The molecule has 1 aromatic rings. The van der Waals surface area contributed by atoms with E-state index in [1.165, 1.54) is 18.4 Å². The van der Waals surface area contributed by atoms with E-state index in [0.29, 0.717) is 18.9 Å². The van der Waals surface area contributed by atoms with Gasteiger partial charge in [0.15, 0.2) is 0 Å². The topological polar surface area (TPSA) is 50.4 Å². The molecule has 0 aliphatic carbocycles. The van der Waals surface area contributed by atoms with Crippen LogP contribution < -0.4 is 15.4 Å². The highest BCUT2D eigenvalue weighted by atomic mass is 16.5. The summed E-state index contributed by atoms with van der Waals surface area (Å²) >= 11 is 0. The zero-order valence-electron chi connectivity index (χ0n) is 13.8. The minimum Gasteiger partial charge on any atom is -0.493 e. The van der Waals surface area contributed by atoms with E-state index in [1.54, 1.807) is 0 Å². The molecule has 1 aliphatic rings. The van der Waals surface area contributed by atoms with Crippen LogP contribution in [-0.4, -0.2) is 32.1 Å². The van der Waals surface area contributed by atoms with E-state index in [2.05, 4.69) is 16.7 Å². The van der Waals surface area contributed by atoms with Crippen LogP contribution in [-0.2, 0) is 4.79 Å². The molecular weight excluding hydrogens is 276 g/mol. The Balaban J connectivity index is 1.60. The molecule has 1 fully saturated rings. The first-order chi connectivity index (χ1) is 10.6. The minimum absolute atomic E-state index is 0.0778. The molecule has 1 amide bonds. The van der Waals surface area contributed by atoms with E-state index >= 15 is 0 Å². The van der Waals surface area contributed by atoms with Crippen LogP contribution >= 0.6 is 0 Å². The third-order valence-corrected chi connectivity index (χ3v) is 4.20. The van der Waals surface area contributed by atoms with Gasteiger partial charge in [-0.3, -0.25) is 4.79 Å². The molecule has 122 valence electrons. The van der Waals surface area contributed by atoms with Gasteiger partial charge in [-0.05, 0) is 69.3 Å². The first-order valence-corrected chi connectivity index (χ1v) is 8.32. The van der Waals surface area contributed by atoms with Crippen LogP contribution in [0.3, 0.4) is 0 Å². The van der Waals surface area contributed by atoms with Crippen molar-refractivity contribution in [3.63, 3.8) is 0 Å². The Bertz CT molecular complexity index is 482. The van der Waals surface area contributed by atoms with Crippen LogP contribution in [0.2, 0.25) is 0 Å². The monoisotopic (exact) mass is 304 g/mol. The average Bonchev–Trinajstić information content (AvgIpc) is 2.52. The van der Waals surface area contributed by atoms with Gasteiger partial charge >= 0.3 is 0 Å². The van der Waals surface area contributed by atoms with Gasteiger partial charge in [-0.1, -0.05) is 12.1 Å². The van der Waals surface area contributed by atoms with Gasteiger partial charge in [0.2, 0.25) is 5.91 Å². The fraction of sp³-hybridized carbons (Fsp3) is 0.611. The summed E-state index contributed by atoms with van der Waals surface area (Å²) in [6.45, 7) is 7.49. The lowest BCUT2D eigenvalue weighted by atomic mass is 9.96. The molecule has 1 aromatic carbocycles. The Hall–Kier alpha value is -1.55. The van der Waals surface area contributed by atoms with Gasteiger partial charge in [0.1, 0.15) is 5.75 Å². The van der Waals surface area contributed by atoms with E-state index in [1.807, 2.05) is 26.0 Å². The van der Waals surface area contributed by atoms with Gasteiger partial charge in [0.25, 0.3) is 0 Å². The van der Waals surface area contributed by atoms with Crippen LogP contribution in [0, 0.1) is 19.8 Å². The Morgan fingerprint density at radius 3 is 3.05 bits per heavy atom. The second-order valence-electron chi connectivity index (χ2n) is 6.22. The van der Waals surface area contributed by atoms with Crippen molar-refractivity contribution in [3.8, 4) is 5.75 Å². The zero-order valence-corrected chi connectivity index (χ0v) is 13.8. The van der Waals surface area contributed by atoms with Gasteiger partial charge < -0.3 is 15.4 Å². The van der Waals surface area contributed by atoms with Crippen LogP contribution in [0.5, 0.6) is 5.75 Å². The summed E-state index contributed by atoms with van der Waals surface area (Å²) in [6.07, 6.45) is 4.01. The maximum atomic E-state index is 11.8. The molecule has 2 rings (SSSR count). The number of nitrogens with one attached hydrogen (secondary N) is 2. The van der Waals surface area contributed by atoms with Gasteiger partial charge in [-0.25, -0.2) is 0 Å². The molecule has 0 saturated carbocycles. The lowest BCUT2D eigenvalue weighted by Crippen LogP contribution is -2.33. The second-order valence-corrected chi connectivity index (χ2v) is 6.22. The summed E-state index contributed by atoms with van der Waals surface area (Å²) in [5.41, 5.74) is 2.28. The summed E-state index contributed by atoms with van der Waals surface area (Å²) in [5.74, 6) is 1.66. The second kappa shape index (κ2) is 8.79. The normalized spacial score (nSPS) is 18.0. The zero-order chi connectivity index (χ0) is 15.8. The SMILES string of the molecule is Cc1ccc(C)c(OCCC(=O)NCCC2CCCNC2)c1. The quantitative estimate of drug-likeness (QED) is 0.814. The summed E-state index contributed by atoms with van der Waals surface area (Å²) in [6, 6.07) is 6.13. The number of carbonyl (C=O) groups excluding carboxylic acids is 1. The highest BCUT2D eigenvalue weighted by molar-refractivity contribution is 5.75. The molecule has 0 bridgehead atoms. The summed E-state index contributed by atoms with van der Waals surface area (Å²) in [5, 5.41) is 6.40. The smallest absolute Gasteiger partial charge is 0.223 e. The highest BCUT2D eigenvalue weighted by Crippen LogP contribution is 2.19. The van der Waals surface area contributed by atoms with Crippen LogP contribution in [0.4, 0.5) is 0 Å². The van der Waals surface area contributed by atoms with E-state index < -0.39 is 0 Å². The first kappa shape index (κ1) is 16.8. The molecule has 0 spiro atoms. The number of piperidine rings is 1. The third kappa shape index (κ3) is 5.68. The van der Waals surface area contributed by atoms with Crippen molar-refractivity contribution in [3.05, 3.63) is 29.3 Å². The third-order valence-electron chi connectivity index (χ3n) is 4.20. The lowest BCUT2D eigenvalue weighted by molar-refractivity contribution is -0.121. The lowest BCUT2D eigenvalue weighted by Gasteiger charge is -2.22. The molecule has 0 aromatic heterocycles. The summed E-state index contributed by atoms with van der Waals surface area (Å²) < 4.78 is 5.71. The van der Waals surface area contributed by atoms with Crippen molar-refractivity contribution in [2.24, 2.45) is 5.92 Å². The summed E-state index contributed by atoms with van der Waals surface area (Å²) in [7, 11) is 0. The number of hydrogen-bond donors (Lipinski definition) is 2. The summed E-state index contributed by atoms with van der Waals surface area (Å²) in [4.78, 5) is 11.8. The number of carbonyl (C=O) groups is 1. The molecule has 22 heavy (non-hydrogen) atoms. The van der Waals surface area contributed by atoms with Crippen molar-refractivity contribution in [2.45, 2.75) is 39.5 Å². The largest absolute Gasteiger partial charge is 0.493 e. The number of ether oxygens (including phenoxy) is 1. The van der Waals surface area contributed by atoms with Crippen molar-refractivity contribution >= 4 is 5.91 Å². The van der Waals surface area contributed by atoms with Gasteiger partial charge in [0.05, 0.1) is 13.0 Å². The van der Waals surface area contributed by atoms with E-state index in [9.17, 15) is 4.79 Å². The van der Waals surface area contributed by atoms with E-state index in [4.69, 9.17) is 4.74 Å². The Morgan fingerprint density at radius 2 is 2.27 bits per heavy atom. The molecule has 2 N–H and O–H groups in total. The first-order valence-electron chi connectivity index (χ1n) is 8.32. The predicted octanol–water partition coefficient (Wildman–Crippen LogP) is 2.58. The van der Waals surface area contributed by atoms with Gasteiger partial charge in [-0.2, -0.15) is 0 Å². The van der Waals surface area contributed by atoms with Crippen LogP contribution in [0.1, 0.15) is 36.8 Å². The molecule has 4 heteroatoms. The molecule has 1 atom stereocenters. The molecule has 1 saturated heterocycles. The number of benzene rings is 1. The standard InChI is InChI=1S/C18H28N2O2/c1-14-5-6-15(2)17(12-14)22-11-8-18(21)20-10-7-16-4-3-9-19-13-16/h5-6,12,16,19H,3-4,7-11,13H2,1-2H3,(H,20,21). The number of aryl methyl sites for hydroxylation is 2. The maximum absolute atomic E-state index is 11.8. The van der Waals surface area contributed by atoms with Crippen LogP contribution in [0.25, 0.3) is 0 Å². The number of hydrogen-bond acceptors (Lipinski definition) is 3. The van der Waals surface area contributed by atoms with E-state index in [0.717, 1.165) is 37.4 Å². The Morgan fingerprint density at radius 1 is 1.41 bits per heavy atom. The average molecular weight is 304 g/mol. The number of rotatable bonds is 7. The fourth-order valence-corrected chi connectivity index (χ4v) is 2.79. The molecule has 4 nitrogen and oxygen atoms in total. The fourth-order valence-electron chi connectivity index (χ4n) is 2.79. The van der Waals surface area contributed by atoms with Crippen molar-refractivity contribution in [1.29, 1.82) is 0 Å². The van der Waals surface area contributed by atoms with Crippen molar-refractivity contribution < 1.29 is 9.53 Å². The van der Waals surface area contributed by atoms with E-state index in [-0.39, 0.29) is 5.91 Å². The molecule has 1 heterocycles. The molecule has 0 radical (unpaired) electrons. The van der Waals surface area contributed by atoms with Crippen molar-refractivity contribution in [1.82, 2.24) is 10.6 Å². The van der Waals surface area contributed by atoms with Crippen LogP contribution in [0.15, 0.2) is 18.2 Å². The van der Waals surface area contributed by atoms with Crippen molar-refractivity contribution in [2.75, 3.05) is 26.2 Å². The van der Waals surface area contributed by atoms with Gasteiger partial charge in [-0.15, -0.1) is 0 Å². The number of amides is 1. The highest BCUT2D eigenvalue weighted by Gasteiger charge is 2.12. The minimum atomic E-state index is 0.0778. The Kier molecular flexibility index (Phi) is 6.72. The molecular formula is C18H28N2O2.